The van der Waals surface area contributed by atoms with Gasteiger partial charge in [-0.05, 0) is 84.9 Å². The van der Waals surface area contributed by atoms with Gasteiger partial charge in [-0.15, -0.1) is 0 Å². The predicted octanol–water partition coefficient (Wildman–Crippen LogP) is 5.23. The quantitative estimate of drug-likeness (QED) is 0.675. The maximum absolute atomic E-state index is 13.2. The van der Waals surface area contributed by atoms with Crippen LogP contribution in [0.1, 0.15) is 92.4 Å². The molecule has 0 unspecified atom stereocenters. The minimum Gasteiger partial charge on any atom is -0.390 e. The lowest BCUT2D eigenvalue weighted by Crippen LogP contribution is -2.59. The van der Waals surface area contributed by atoms with E-state index in [9.17, 15) is 15.0 Å². The Labute approximate surface area is 178 Å². The third-order valence-electron chi connectivity index (χ3n) is 10.4. The number of rotatable bonds is 4. The Morgan fingerprint density at radius 1 is 0.966 bits per heavy atom. The Morgan fingerprint density at radius 2 is 1.66 bits per heavy atom. The number of carbonyl (C=O) groups excluding carboxylic acids is 1. The molecule has 29 heavy (non-hydrogen) atoms. The molecule has 4 aliphatic rings. The van der Waals surface area contributed by atoms with Crippen LogP contribution in [0.3, 0.4) is 0 Å². The SMILES string of the molecule is CC(C)CC[C@@H](C)[C@H]1CC[C@H]2[C@@H]3CC(=O)[C@H]4C[C@H](O)[C@H](O)C[C@]4(C)[C@H]3CC[C@]12C. The fourth-order valence-corrected chi connectivity index (χ4v) is 8.84. The second kappa shape index (κ2) is 7.62. The average Bonchev–Trinajstić information content (AvgIpc) is 2.99. The summed E-state index contributed by atoms with van der Waals surface area (Å²) in [5, 5.41) is 20.7. The van der Waals surface area contributed by atoms with Crippen LogP contribution in [0.25, 0.3) is 0 Å². The molecule has 2 N–H and O–H groups in total. The maximum atomic E-state index is 13.2. The van der Waals surface area contributed by atoms with Crippen LogP contribution >= 0.6 is 0 Å². The smallest absolute Gasteiger partial charge is 0.136 e. The Balaban J connectivity index is 1.56. The molecular weight excluding hydrogens is 360 g/mol. The van der Waals surface area contributed by atoms with Crippen LogP contribution in [0, 0.1) is 52.3 Å². The van der Waals surface area contributed by atoms with E-state index in [-0.39, 0.29) is 11.3 Å². The minimum atomic E-state index is -0.722. The highest BCUT2D eigenvalue weighted by Gasteiger charge is 2.63. The van der Waals surface area contributed by atoms with Crippen molar-refractivity contribution in [1.82, 2.24) is 0 Å². The lowest BCUT2D eigenvalue weighted by Gasteiger charge is -2.61. The van der Waals surface area contributed by atoms with E-state index >= 15 is 0 Å². The number of ketones is 1. The number of hydrogen-bond donors (Lipinski definition) is 2. The molecule has 4 aliphatic carbocycles. The summed E-state index contributed by atoms with van der Waals surface area (Å²) in [5.41, 5.74) is 0.259. The van der Waals surface area contributed by atoms with Crippen LogP contribution in [0.5, 0.6) is 0 Å². The van der Waals surface area contributed by atoms with E-state index in [1.807, 2.05) is 0 Å². The van der Waals surface area contributed by atoms with Gasteiger partial charge in [-0.25, -0.2) is 0 Å². The zero-order chi connectivity index (χ0) is 21.1. The summed E-state index contributed by atoms with van der Waals surface area (Å²) in [6.45, 7) is 12.0. The van der Waals surface area contributed by atoms with Crippen molar-refractivity contribution in [2.45, 2.75) is 105 Å². The average molecular weight is 405 g/mol. The summed E-state index contributed by atoms with van der Waals surface area (Å²) >= 11 is 0. The summed E-state index contributed by atoms with van der Waals surface area (Å²) < 4.78 is 0. The largest absolute Gasteiger partial charge is 0.390 e. The van der Waals surface area contributed by atoms with E-state index in [2.05, 4.69) is 34.6 Å². The first-order chi connectivity index (χ1) is 13.6. The third-order valence-corrected chi connectivity index (χ3v) is 10.4. The summed E-state index contributed by atoms with van der Waals surface area (Å²) in [6, 6.07) is 0. The van der Waals surface area contributed by atoms with Crippen molar-refractivity contribution < 1.29 is 15.0 Å². The summed E-state index contributed by atoms with van der Waals surface area (Å²) in [6.07, 6.45) is 8.17. The fraction of sp³-hybridized carbons (Fsp3) is 0.962. The molecule has 0 radical (unpaired) electrons. The Kier molecular flexibility index (Phi) is 5.73. The van der Waals surface area contributed by atoms with Gasteiger partial charge in [-0.1, -0.05) is 47.5 Å². The van der Waals surface area contributed by atoms with Gasteiger partial charge in [0.25, 0.3) is 0 Å². The van der Waals surface area contributed by atoms with Crippen molar-refractivity contribution in [3.05, 3.63) is 0 Å². The normalized spacial score (nSPS) is 50.8. The van der Waals surface area contributed by atoms with Gasteiger partial charge in [0.2, 0.25) is 0 Å². The molecule has 4 saturated carbocycles. The summed E-state index contributed by atoms with van der Waals surface area (Å²) in [4.78, 5) is 13.2. The van der Waals surface area contributed by atoms with Gasteiger partial charge < -0.3 is 10.2 Å². The molecule has 0 aromatic heterocycles. The van der Waals surface area contributed by atoms with Gasteiger partial charge in [0.1, 0.15) is 5.78 Å². The fourth-order valence-electron chi connectivity index (χ4n) is 8.84. The maximum Gasteiger partial charge on any atom is 0.136 e. The first-order valence-corrected chi connectivity index (χ1v) is 12.5. The second-order valence-electron chi connectivity index (χ2n) is 12.4. The van der Waals surface area contributed by atoms with Crippen molar-refractivity contribution in [3.63, 3.8) is 0 Å². The standard InChI is InChI=1S/C26H44O3/c1-15(2)6-7-16(3)18-8-9-19-17-12-22(27)21-13-23(28)24(29)14-26(21,5)20(17)10-11-25(18,19)4/h15-21,23-24,28-29H,6-14H2,1-5H3/t16-,17+,18-,19+,20+,21-,23+,24-,25-,26-/m1/s1. The van der Waals surface area contributed by atoms with Gasteiger partial charge in [-0.2, -0.15) is 0 Å². The van der Waals surface area contributed by atoms with E-state index in [1.54, 1.807) is 0 Å². The number of hydrogen-bond acceptors (Lipinski definition) is 3. The number of carbonyl (C=O) groups is 1. The van der Waals surface area contributed by atoms with E-state index < -0.39 is 12.2 Å². The van der Waals surface area contributed by atoms with Crippen molar-refractivity contribution >= 4 is 5.78 Å². The topological polar surface area (TPSA) is 57.5 Å². The molecule has 0 aromatic carbocycles. The van der Waals surface area contributed by atoms with E-state index in [0.29, 0.717) is 41.8 Å². The number of aliphatic hydroxyl groups is 2. The van der Waals surface area contributed by atoms with Crippen LogP contribution in [-0.4, -0.2) is 28.2 Å². The molecule has 0 aromatic rings. The van der Waals surface area contributed by atoms with Crippen LogP contribution in [0.2, 0.25) is 0 Å². The first kappa shape index (κ1) is 21.8. The van der Waals surface area contributed by atoms with Crippen LogP contribution in [0.15, 0.2) is 0 Å². The molecule has 0 bridgehead atoms. The van der Waals surface area contributed by atoms with Gasteiger partial charge in [0.05, 0.1) is 12.2 Å². The summed E-state index contributed by atoms with van der Waals surface area (Å²) in [7, 11) is 0. The molecule has 4 rings (SSSR count). The van der Waals surface area contributed by atoms with Crippen LogP contribution in [0.4, 0.5) is 0 Å². The van der Waals surface area contributed by atoms with Crippen molar-refractivity contribution in [2.75, 3.05) is 0 Å². The van der Waals surface area contributed by atoms with Gasteiger partial charge in [-0.3, -0.25) is 4.79 Å². The monoisotopic (exact) mass is 404 g/mol. The highest BCUT2D eigenvalue weighted by molar-refractivity contribution is 5.83. The molecule has 0 amide bonds. The molecular formula is C26H44O3. The molecule has 0 spiro atoms. The summed E-state index contributed by atoms with van der Waals surface area (Å²) in [5.74, 6) is 4.37. The Morgan fingerprint density at radius 3 is 2.34 bits per heavy atom. The molecule has 0 heterocycles. The van der Waals surface area contributed by atoms with Crippen LogP contribution in [-0.2, 0) is 4.79 Å². The van der Waals surface area contributed by atoms with Crippen molar-refractivity contribution in [1.29, 1.82) is 0 Å². The lowest BCUT2D eigenvalue weighted by atomic mass is 9.44. The first-order valence-electron chi connectivity index (χ1n) is 12.5. The molecule has 0 saturated heterocycles. The Hall–Kier alpha value is -0.410. The predicted molar refractivity (Wildman–Crippen MR) is 116 cm³/mol. The highest BCUT2D eigenvalue weighted by Crippen LogP contribution is 2.67. The van der Waals surface area contributed by atoms with E-state index in [1.165, 1.54) is 38.5 Å². The van der Waals surface area contributed by atoms with Crippen molar-refractivity contribution in [2.24, 2.45) is 52.3 Å². The van der Waals surface area contributed by atoms with E-state index in [4.69, 9.17) is 0 Å². The van der Waals surface area contributed by atoms with Crippen molar-refractivity contribution in [3.8, 4) is 0 Å². The molecule has 166 valence electrons. The lowest BCUT2D eigenvalue weighted by molar-refractivity contribution is -0.173. The second-order valence-corrected chi connectivity index (χ2v) is 12.4. The van der Waals surface area contributed by atoms with Gasteiger partial charge in [0, 0.05) is 12.3 Å². The molecule has 4 fully saturated rings. The number of aliphatic hydroxyl groups excluding tert-OH is 2. The molecule has 3 nitrogen and oxygen atoms in total. The van der Waals surface area contributed by atoms with Crippen LogP contribution < -0.4 is 0 Å². The highest BCUT2D eigenvalue weighted by atomic mass is 16.3. The zero-order valence-corrected chi connectivity index (χ0v) is 19.4. The molecule has 0 aliphatic heterocycles. The Bertz CT molecular complexity index is 629. The van der Waals surface area contributed by atoms with Gasteiger partial charge >= 0.3 is 0 Å². The number of Topliss-reactive ketones (excluding diaryl/α,β-unsaturated/α-hetero) is 1. The third kappa shape index (κ3) is 3.43. The number of fused-ring (bicyclic) bond motifs is 5. The minimum absolute atomic E-state index is 0.0475. The van der Waals surface area contributed by atoms with Gasteiger partial charge in [0.15, 0.2) is 0 Å². The van der Waals surface area contributed by atoms with E-state index in [0.717, 1.165) is 24.2 Å². The molecule has 10 atom stereocenters. The molecule has 3 heteroatoms. The zero-order valence-electron chi connectivity index (χ0n) is 19.4.